The van der Waals surface area contributed by atoms with Gasteiger partial charge in [-0.15, -0.1) is 0 Å². The summed E-state index contributed by atoms with van der Waals surface area (Å²) in [4.78, 5) is 11.2. The van der Waals surface area contributed by atoms with Gasteiger partial charge in [0.1, 0.15) is 5.75 Å². The van der Waals surface area contributed by atoms with E-state index < -0.39 is 6.09 Å². The van der Waals surface area contributed by atoms with E-state index in [0.29, 0.717) is 10.9 Å². The quantitative estimate of drug-likeness (QED) is 0.695. The Morgan fingerprint density at radius 2 is 1.93 bits per heavy atom. The molecule has 1 amide bonds. The second-order valence-corrected chi connectivity index (χ2v) is 8.77. The van der Waals surface area contributed by atoms with Gasteiger partial charge in [-0.3, -0.25) is 0 Å². The van der Waals surface area contributed by atoms with Crippen LogP contribution in [0.4, 0.5) is 4.79 Å². The summed E-state index contributed by atoms with van der Waals surface area (Å²) in [7, 11) is 0. The van der Waals surface area contributed by atoms with Crippen LogP contribution in [0.5, 0.6) is 5.75 Å². The predicted octanol–water partition coefficient (Wildman–Crippen LogP) is 5.69. The van der Waals surface area contributed by atoms with Gasteiger partial charge in [-0.05, 0) is 65.0 Å². The molecule has 0 saturated heterocycles. The zero-order chi connectivity index (χ0) is 19.2. The van der Waals surface area contributed by atoms with Crippen molar-refractivity contribution in [3.8, 4) is 16.9 Å². The molecule has 4 nitrogen and oxygen atoms in total. The van der Waals surface area contributed by atoms with Crippen LogP contribution in [-0.4, -0.2) is 17.8 Å². The van der Waals surface area contributed by atoms with Gasteiger partial charge in [0.25, 0.3) is 0 Å². The fourth-order valence-corrected chi connectivity index (χ4v) is 4.16. The molecule has 2 aliphatic rings. The SMILES string of the molecule is CC1(C)Cc2cc(-c3ccc(OCC4CC4)c(Cl)c3)ccc2[C@@H]1NC(=O)O. The summed E-state index contributed by atoms with van der Waals surface area (Å²) in [6.45, 7) is 4.93. The lowest BCUT2D eigenvalue weighted by Crippen LogP contribution is -2.34. The molecule has 0 aliphatic heterocycles. The number of carbonyl (C=O) groups is 1. The van der Waals surface area contributed by atoms with Crippen molar-refractivity contribution in [2.75, 3.05) is 6.61 Å². The molecule has 1 atom stereocenters. The average molecular weight is 386 g/mol. The molecule has 27 heavy (non-hydrogen) atoms. The fourth-order valence-electron chi connectivity index (χ4n) is 3.92. The van der Waals surface area contributed by atoms with Gasteiger partial charge in [-0.1, -0.05) is 49.7 Å². The first-order valence-electron chi connectivity index (χ1n) is 9.38. The molecular formula is C22H24ClNO3. The summed E-state index contributed by atoms with van der Waals surface area (Å²) in [6.07, 6.45) is 2.34. The van der Waals surface area contributed by atoms with Crippen molar-refractivity contribution >= 4 is 17.7 Å². The first kappa shape index (κ1) is 18.2. The molecule has 2 N–H and O–H groups in total. The van der Waals surface area contributed by atoms with Gasteiger partial charge in [-0.25, -0.2) is 4.79 Å². The van der Waals surface area contributed by atoms with E-state index in [9.17, 15) is 4.79 Å². The monoisotopic (exact) mass is 385 g/mol. The molecule has 2 aromatic rings. The minimum Gasteiger partial charge on any atom is -0.492 e. The number of hydrogen-bond donors (Lipinski definition) is 2. The number of carboxylic acid groups (broad SMARTS) is 1. The van der Waals surface area contributed by atoms with Crippen molar-refractivity contribution < 1.29 is 14.6 Å². The van der Waals surface area contributed by atoms with Gasteiger partial charge >= 0.3 is 6.09 Å². The molecule has 142 valence electrons. The molecule has 1 fully saturated rings. The lowest BCUT2D eigenvalue weighted by atomic mass is 9.85. The summed E-state index contributed by atoms with van der Waals surface area (Å²) in [6, 6.07) is 11.9. The first-order chi connectivity index (χ1) is 12.8. The standard InChI is InChI=1S/C22H24ClNO3/c1-22(2)11-16-9-14(5-7-17(16)20(22)24-21(25)26)15-6-8-19(18(23)10-15)27-12-13-3-4-13/h5-10,13,20,24H,3-4,11-12H2,1-2H3,(H,25,26)/t20-/m0/s1. The molecule has 4 rings (SSSR count). The van der Waals surface area contributed by atoms with Crippen molar-refractivity contribution in [2.24, 2.45) is 11.3 Å². The minimum absolute atomic E-state index is 0.155. The highest BCUT2D eigenvalue weighted by Crippen LogP contribution is 2.46. The third-order valence-electron chi connectivity index (χ3n) is 5.59. The highest BCUT2D eigenvalue weighted by molar-refractivity contribution is 6.32. The third kappa shape index (κ3) is 3.77. The van der Waals surface area contributed by atoms with E-state index in [-0.39, 0.29) is 11.5 Å². The molecule has 0 spiro atoms. The van der Waals surface area contributed by atoms with Crippen molar-refractivity contribution in [1.29, 1.82) is 0 Å². The van der Waals surface area contributed by atoms with Gasteiger partial charge in [0.15, 0.2) is 0 Å². The zero-order valence-electron chi connectivity index (χ0n) is 15.6. The van der Waals surface area contributed by atoms with Crippen molar-refractivity contribution in [3.05, 3.63) is 52.5 Å². The Morgan fingerprint density at radius 3 is 2.59 bits per heavy atom. The number of halogens is 1. The van der Waals surface area contributed by atoms with Crippen LogP contribution in [0.2, 0.25) is 5.02 Å². The van der Waals surface area contributed by atoms with Crippen LogP contribution in [-0.2, 0) is 6.42 Å². The van der Waals surface area contributed by atoms with E-state index in [1.165, 1.54) is 18.4 Å². The molecule has 0 unspecified atom stereocenters. The number of nitrogens with one attached hydrogen (secondary N) is 1. The van der Waals surface area contributed by atoms with Crippen LogP contribution >= 0.6 is 11.6 Å². The van der Waals surface area contributed by atoms with Gasteiger partial charge < -0.3 is 15.2 Å². The molecule has 1 saturated carbocycles. The first-order valence-corrected chi connectivity index (χ1v) is 9.76. The molecule has 2 aliphatic carbocycles. The molecule has 0 heterocycles. The average Bonchev–Trinajstić information content (AvgIpc) is 3.39. The highest BCUT2D eigenvalue weighted by Gasteiger charge is 2.40. The van der Waals surface area contributed by atoms with Gasteiger partial charge in [-0.2, -0.15) is 0 Å². The van der Waals surface area contributed by atoms with Crippen LogP contribution in [0.1, 0.15) is 43.9 Å². The van der Waals surface area contributed by atoms with Crippen molar-refractivity contribution in [1.82, 2.24) is 5.32 Å². The maximum absolute atomic E-state index is 11.2. The number of fused-ring (bicyclic) bond motifs is 1. The largest absolute Gasteiger partial charge is 0.492 e. The van der Waals surface area contributed by atoms with Crippen LogP contribution < -0.4 is 10.1 Å². The third-order valence-corrected chi connectivity index (χ3v) is 5.88. The van der Waals surface area contributed by atoms with Gasteiger partial charge in [0.2, 0.25) is 0 Å². The van der Waals surface area contributed by atoms with Gasteiger partial charge in [0, 0.05) is 0 Å². The summed E-state index contributed by atoms with van der Waals surface area (Å²) in [5, 5.41) is 12.5. The van der Waals surface area contributed by atoms with Crippen LogP contribution in [0, 0.1) is 11.3 Å². The molecule has 0 aromatic heterocycles. The smallest absolute Gasteiger partial charge is 0.405 e. The summed E-state index contributed by atoms with van der Waals surface area (Å²) < 4.78 is 5.81. The fraction of sp³-hybridized carbons (Fsp3) is 0.409. The Morgan fingerprint density at radius 1 is 1.22 bits per heavy atom. The Balaban J connectivity index is 1.59. The number of rotatable bonds is 5. The number of amides is 1. The van der Waals surface area contributed by atoms with Crippen molar-refractivity contribution in [2.45, 2.75) is 39.2 Å². The molecular weight excluding hydrogens is 362 g/mol. The van der Waals surface area contributed by atoms with E-state index in [4.69, 9.17) is 21.4 Å². The number of hydrogen-bond acceptors (Lipinski definition) is 2. The van der Waals surface area contributed by atoms with Gasteiger partial charge in [0.05, 0.1) is 17.7 Å². The normalized spacial score (nSPS) is 20.2. The summed E-state index contributed by atoms with van der Waals surface area (Å²) >= 11 is 6.43. The van der Waals surface area contributed by atoms with E-state index in [2.05, 4.69) is 25.2 Å². The number of benzene rings is 2. The Labute approximate surface area is 164 Å². The Bertz CT molecular complexity index is 889. The molecule has 5 heteroatoms. The second-order valence-electron chi connectivity index (χ2n) is 8.36. The van der Waals surface area contributed by atoms with E-state index >= 15 is 0 Å². The lowest BCUT2D eigenvalue weighted by molar-refractivity contribution is 0.175. The maximum Gasteiger partial charge on any atom is 0.405 e. The van der Waals surface area contributed by atoms with Crippen LogP contribution in [0.3, 0.4) is 0 Å². The van der Waals surface area contributed by atoms with Crippen molar-refractivity contribution in [3.63, 3.8) is 0 Å². The van der Waals surface area contributed by atoms with E-state index in [0.717, 1.165) is 35.5 Å². The Hall–Kier alpha value is -2.20. The highest BCUT2D eigenvalue weighted by atomic mass is 35.5. The zero-order valence-corrected chi connectivity index (χ0v) is 16.3. The number of ether oxygens (including phenoxy) is 1. The summed E-state index contributed by atoms with van der Waals surface area (Å²) in [5.41, 5.74) is 4.20. The minimum atomic E-state index is -0.987. The Kier molecular flexibility index (Phi) is 4.55. The lowest BCUT2D eigenvalue weighted by Gasteiger charge is -2.27. The molecule has 0 bridgehead atoms. The van der Waals surface area contributed by atoms with E-state index in [1.54, 1.807) is 0 Å². The molecule has 0 radical (unpaired) electrons. The predicted molar refractivity (Wildman–Crippen MR) is 106 cm³/mol. The second kappa shape index (κ2) is 6.75. The van der Waals surface area contributed by atoms with Crippen LogP contribution in [0.25, 0.3) is 11.1 Å². The van der Waals surface area contributed by atoms with Crippen LogP contribution in [0.15, 0.2) is 36.4 Å². The molecule has 2 aromatic carbocycles. The van der Waals surface area contributed by atoms with E-state index in [1.807, 2.05) is 30.3 Å². The maximum atomic E-state index is 11.2. The topological polar surface area (TPSA) is 58.6 Å². The summed E-state index contributed by atoms with van der Waals surface area (Å²) in [5.74, 6) is 1.42.